The molecular weight excluding hydrogens is 314 g/mol. The van der Waals surface area contributed by atoms with Crippen LogP contribution in [0.25, 0.3) is 0 Å². The van der Waals surface area contributed by atoms with Crippen molar-refractivity contribution in [2.75, 3.05) is 0 Å². The predicted molar refractivity (Wildman–Crippen MR) is 67.0 cm³/mol. The Kier molecular flexibility index (Phi) is 5.28. The van der Waals surface area contributed by atoms with Gasteiger partial charge in [0.1, 0.15) is 0 Å². The zero-order chi connectivity index (χ0) is 12.4. The van der Waals surface area contributed by atoms with Crippen molar-refractivity contribution in [3.63, 3.8) is 0 Å². The molecule has 0 saturated carbocycles. The second-order valence-electron chi connectivity index (χ2n) is 4.25. The third-order valence-electron chi connectivity index (χ3n) is 3.08. The van der Waals surface area contributed by atoms with E-state index >= 15 is 0 Å². The van der Waals surface area contributed by atoms with Gasteiger partial charge in [0.2, 0.25) is 17.8 Å². The predicted octanol–water partition coefficient (Wildman–Crippen LogP) is -0.612. The molecule has 0 amide bonds. The number of rotatable bonds is 3. The lowest BCUT2D eigenvalue weighted by atomic mass is 10.0. The van der Waals surface area contributed by atoms with Gasteiger partial charge in [-0.1, -0.05) is 17.4 Å². The molecule has 0 saturated heterocycles. The highest BCUT2D eigenvalue weighted by Crippen LogP contribution is 2.16. The highest BCUT2D eigenvalue weighted by atomic mass is 79.9. The lowest BCUT2D eigenvalue weighted by molar-refractivity contribution is -0.685. The molecule has 0 aliphatic heterocycles. The van der Waals surface area contributed by atoms with Gasteiger partial charge in [-0.05, 0) is 19.4 Å². The van der Waals surface area contributed by atoms with Gasteiger partial charge in [-0.25, -0.2) is 0 Å². The summed E-state index contributed by atoms with van der Waals surface area (Å²) in [5, 5.41) is 9.25. The zero-order valence-corrected chi connectivity index (χ0v) is 12.8. The Morgan fingerprint density at radius 2 is 2.11 bits per heavy atom. The van der Waals surface area contributed by atoms with Crippen LogP contribution in [-0.2, 0) is 11.3 Å². The van der Waals surface area contributed by atoms with Gasteiger partial charge in [0.15, 0.2) is 5.69 Å². The maximum Gasteiger partial charge on any atom is 0.225 e. The minimum atomic E-state index is 0. The third-order valence-corrected chi connectivity index (χ3v) is 4.09. The number of carbonyl (C=O) groups is 1. The number of aryl methyl sites for hydroxylation is 1. The molecule has 0 atom stereocenters. The summed E-state index contributed by atoms with van der Waals surface area (Å²) in [6.45, 7) is 4.48. The van der Waals surface area contributed by atoms with Crippen LogP contribution in [0.15, 0.2) is 29.0 Å². The van der Waals surface area contributed by atoms with E-state index in [1.807, 2.05) is 23.1 Å². The summed E-state index contributed by atoms with van der Waals surface area (Å²) in [6.07, 6.45) is 4.57. The summed E-state index contributed by atoms with van der Waals surface area (Å²) in [5.74, 6) is 0.497. The van der Waals surface area contributed by atoms with Gasteiger partial charge in [0.25, 0.3) is 0 Å². The Morgan fingerprint density at radius 1 is 1.39 bits per heavy atom. The molecule has 2 rings (SSSR count). The molecule has 0 radical (unpaired) electrons. The number of thiazole rings is 1. The number of Topliss-reactive ketones (excluding diaryl/α,β-unsaturated/α-hetero) is 1. The van der Waals surface area contributed by atoms with E-state index < -0.39 is 0 Å². The van der Waals surface area contributed by atoms with Crippen LogP contribution >= 0.6 is 11.3 Å². The molecule has 1 aliphatic rings. The van der Waals surface area contributed by atoms with Crippen LogP contribution in [0.5, 0.6) is 0 Å². The van der Waals surface area contributed by atoms with Crippen LogP contribution in [0.2, 0.25) is 0 Å². The topological polar surface area (TPSA) is 41.2 Å². The number of halogens is 1. The molecule has 1 aliphatic carbocycles. The van der Waals surface area contributed by atoms with Gasteiger partial charge in [0, 0.05) is 18.9 Å². The van der Waals surface area contributed by atoms with Gasteiger partial charge in [0.05, 0.1) is 10.6 Å². The third kappa shape index (κ3) is 3.29. The molecule has 0 fully saturated rings. The monoisotopic (exact) mass is 329 g/mol. The number of ketones is 1. The van der Waals surface area contributed by atoms with Crippen LogP contribution in [0.3, 0.4) is 0 Å². The number of hydrogen-bond donors (Lipinski definition) is 1. The first-order valence-electron chi connectivity index (χ1n) is 5.62. The normalized spacial score (nSPS) is 14.6. The van der Waals surface area contributed by atoms with Crippen LogP contribution < -0.4 is 21.5 Å². The molecule has 0 aromatic carbocycles. The number of nitrogens with zero attached hydrogens (tertiary/aromatic N) is 1. The van der Waals surface area contributed by atoms with Gasteiger partial charge in [-0.2, -0.15) is 4.57 Å². The van der Waals surface area contributed by atoms with Crippen molar-refractivity contribution in [3.8, 4) is 0 Å². The number of aromatic nitrogens is 1. The quantitative estimate of drug-likeness (QED) is 0.751. The Morgan fingerprint density at radius 3 is 2.61 bits per heavy atom. The summed E-state index contributed by atoms with van der Waals surface area (Å²) < 4.78 is 1.99. The number of aliphatic hydroxyl groups is 1. The summed E-state index contributed by atoms with van der Waals surface area (Å²) >= 11 is 1.66. The lowest BCUT2D eigenvalue weighted by Gasteiger charge is -2.07. The van der Waals surface area contributed by atoms with Crippen molar-refractivity contribution < 1.29 is 31.4 Å². The van der Waals surface area contributed by atoms with Crippen LogP contribution in [-0.4, -0.2) is 10.9 Å². The first-order valence-corrected chi connectivity index (χ1v) is 6.50. The molecule has 0 bridgehead atoms. The van der Waals surface area contributed by atoms with Crippen molar-refractivity contribution in [2.45, 2.75) is 33.2 Å². The Balaban J connectivity index is 0.00000162. The smallest absolute Gasteiger partial charge is 0.225 e. The summed E-state index contributed by atoms with van der Waals surface area (Å²) in [6, 6.07) is 0. The van der Waals surface area contributed by atoms with Gasteiger partial charge in [-0.3, -0.25) is 4.79 Å². The largest absolute Gasteiger partial charge is 1.00 e. The van der Waals surface area contributed by atoms with E-state index in [0.29, 0.717) is 25.1 Å². The molecule has 0 spiro atoms. The van der Waals surface area contributed by atoms with E-state index in [4.69, 9.17) is 0 Å². The molecule has 1 heterocycles. The average Bonchev–Trinajstić information content (AvgIpc) is 2.62. The molecule has 98 valence electrons. The first-order chi connectivity index (χ1) is 8.08. The molecule has 1 aromatic rings. The zero-order valence-electron chi connectivity index (χ0n) is 10.4. The summed E-state index contributed by atoms with van der Waals surface area (Å²) in [7, 11) is 0. The molecule has 0 unspecified atom stereocenters. The van der Waals surface area contributed by atoms with Crippen molar-refractivity contribution >= 4 is 17.1 Å². The maximum absolute atomic E-state index is 12.0. The number of allylic oxidation sites excluding steroid dienone is 3. The molecule has 5 heteroatoms. The summed E-state index contributed by atoms with van der Waals surface area (Å²) in [5.41, 5.74) is 3.94. The highest BCUT2D eigenvalue weighted by molar-refractivity contribution is 7.09. The van der Waals surface area contributed by atoms with E-state index in [2.05, 4.69) is 6.92 Å². The maximum atomic E-state index is 12.0. The fourth-order valence-electron chi connectivity index (χ4n) is 1.77. The second-order valence-corrected chi connectivity index (χ2v) is 5.31. The van der Waals surface area contributed by atoms with E-state index in [1.165, 1.54) is 4.88 Å². The Bertz CT molecular complexity index is 517. The SMILES string of the molecule is Cc1sc[n+](CC(=O)C2=CCC(O)=CC2)c1C.[Br-]. The first kappa shape index (κ1) is 15.1. The van der Waals surface area contributed by atoms with Crippen molar-refractivity contribution in [2.24, 2.45) is 0 Å². The lowest BCUT2D eigenvalue weighted by Crippen LogP contribution is -3.00. The summed E-state index contributed by atoms with van der Waals surface area (Å²) in [4.78, 5) is 13.3. The van der Waals surface area contributed by atoms with Crippen LogP contribution in [0.1, 0.15) is 23.4 Å². The molecule has 3 nitrogen and oxygen atoms in total. The standard InChI is InChI=1S/C13H15NO2S.BrH/c1-9-10(2)17-8-14(9)7-13(16)11-3-5-12(15)6-4-11;/h3,6,8H,4-5,7H2,1-2H3;1H. The van der Waals surface area contributed by atoms with Gasteiger partial charge >= 0.3 is 0 Å². The fraction of sp³-hybridized carbons (Fsp3) is 0.385. The average molecular weight is 330 g/mol. The molecule has 1 aromatic heterocycles. The molecule has 1 N–H and O–H groups in total. The Labute approximate surface area is 121 Å². The Hall–Kier alpha value is -0.940. The minimum Gasteiger partial charge on any atom is -1.00 e. The molecule has 18 heavy (non-hydrogen) atoms. The van der Waals surface area contributed by atoms with E-state index in [1.54, 1.807) is 17.4 Å². The number of hydrogen-bond acceptors (Lipinski definition) is 3. The van der Waals surface area contributed by atoms with Crippen molar-refractivity contribution in [1.82, 2.24) is 0 Å². The van der Waals surface area contributed by atoms with Crippen molar-refractivity contribution in [3.05, 3.63) is 39.6 Å². The van der Waals surface area contributed by atoms with Gasteiger partial charge < -0.3 is 22.1 Å². The van der Waals surface area contributed by atoms with E-state index in [9.17, 15) is 9.90 Å². The number of carbonyl (C=O) groups excluding carboxylic acids is 1. The van der Waals surface area contributed by atoms with E-state index in [-0.39, 0.29) is 22.8 Å². The van der Waals surface area contributed by atoms with Gasteiger partial charge in [-0.15, -0.1) is 0 Å². The minimum absolute atomic E-state index is 0. The van der Waals surface area contributed by atoms with Crippen LogP contribution in [0, 0.1) is 13.8 Å². The second kappa shape index (κ2) is 6.29. The highest BCUT2D eigenvalue weighted by Gasteiger charge is 2.20. The van der Waals surface area contributed by atoms with E-state index in [0.717, 1.165) is 11.3 Å². The van der Waals surface area contributed by atoms with Crippen molar-refractivity contribution in [1.29, 1.82) is 0 Å². The van der Waals surface area contributed by atoms with Crippen LogP contribution in [0.4, 0.5) is 0 Å². The fourth-order valence-corrected chi connectivity index (χ4v) is 2.58. The molecular formula is C13H16BrNO2S. The number of aliphatic hydroxyl groups excluding tert-OH is 1.